The molecule has 1 heterocycles. The Bertz CT molecular complexity index is 1140. The largest absolute Gasteiger partial charge is 0.454 e. The van der Waals surface area contributed by atoms with Crippen molar-refractivity contribution in [2.45, 2.75) is 288 Å². The molecule has 0 aliphatic carbocycles. The number of nitrogens with one attached hydrogen (secondary N) is 1. The second kappa shape index (κ2) is 42.5. The number of amides is 1. The van der Waals surface area contributed by atoms with Crippen molar-refractivity contribution in [1.29, 1.82) is 0 Å². The van der Waals surface area contributed by atoms with Gasteiger partial charge in [-0.3, -0.25) is 9.59 Å². The molecule has 64 heavy (non-hydrogen) atoms. The van der Waals surface area contributed by atoms with Crippen molar-refractivity contribution in [3.63, 3.8) is 0 Å². The van der Waals surface area contributed by atoms with Crippen molar-refractivity contribution in [2.75, 3.05) is 13.2 Å². The molecule has 8 unspecified atom stereocenters. The molecule has 0 aromatic heterocycles. The number of rotatable bonds is 44. The third kappa shape index (κ3) is 31.2. The lowest BCUT2D eigenvalue weighted by molar-refractivity contribution is -0.305. The summed E-state index contributed by atoms with van der Waals surface area (Å²) in [4.78, 5) is 26.3. The van der Waals surface area contributed by atoms with E-state index in [4.69, 9.17) is 14.2 Å². The van der Waals surface area contributed by atoms with E-state index in [1.165, 1.54) is 116 Å². The maximum Gasteiger partial charge on any atom is 0.306 e. The number of carbonyl (C=O) groups is 2. The maximum absolute atomic E-state index is 13.3. The summed E-state index contributed by atoms with van der Waals surface area (Å²) < 4.78 is 17.5. The van der Waals surface area contributed by atoms with E-state index in [1.807, 2.05) is 6.08 Å². The zero-order valence-corrected chi connectivity index (χ0v) is 41.2. The summed E-state index contributed by atoms with van der Waals surface area (Å²) in [5.41, 5.74) is 0. The molecule has 11 nitrogen and oxygen atoms in total. The second-order valence-corrected chi connectivity index (χ2v) is 18.6. The van der Waals surface area contributed by atoms with Gasteiger partial charge in [0.05, 0.1) is 25.4 Å². The Morgan fingerprint density at radius 1 is 0.594 bits per heavy atom. The molecule has 0 aromatic carbocycles. The minimum Gasteiger partial charge on any atom is -0.454 e. The zero-order chi connectivity index (χ0) is 46.9. The molecule has 1 rings (SSSR count). The van der Waals surface area contributed by atoms with E-state index >= 15 is 0 Å². The van der Waals surface area contributed by atoms with Gasteiger partial charge in [0, 0.05) is 6.42 Å². The van der Waals surface area contributed by atoms with Crippen molar-refractivity contribution in [3.05, 3.63) is 24.3 Å². The van der Waals surface area contributed by atoms with Crippen LogP contribution in [0.5, 0.6) is 0 Å². The molecule has 1 fully saturated rings. The van der Waals surface area contributed by atoms with Crippen LogP contribution in [0.1, 0.15) is 239 Å². The van der Waals surface area contributed by atoms with E-state index in [2.05, 4.69) is 38.2 Å². The first-order valence-electron chi connectivity index (χ1n) is 26.6. The summed E-state index contributed by atoms with van der Waals surface area (Å²) in [6.45, 7) is 5.71. The van der Waals surface area contributed by atoms with Gasteiger partial charge >= 0.3 is 5.97 Å². The van der Waals surface area contributed by atoms with Crippen LogP contribution in [0.25, 0.3) is 0 Å². The van der Waals surface area contributed by atoms with Crippen molar-refractivity contribution in [3.8, 4) is 0 Å². The van der Waals surface area contributed by atoms with Gasteiger partial charge in [-0.25, -0.2) is 0 Å². The number of esters is 1. The van der Waals surface area contributed by atoms with E-state index in [0.717, 1.165) is 77.0 Å². The van der Waals surface area contributed by atoms with Crippen LogP contribution in [0.4, 0.5) is 0 Å². The number of unbranched alkanes of at least 4 members (excludes halogenated alkanes) is 28. The minimum atomic E-state index is -1.61. The van der Waals surface area contributed by atoms with Gasteiger partial charge < -0.3 is 45.1 Å². The maximum atomic E-state index is 13.3. The molecule has 376 valence electrons. The lowest BCUT2D eigenvalue weighted by atomic mass is 9.99. The van der Waals surface area contributed by atoms with Crippen LogP contribution in [-0.2, 0) is 23.8 Å². The summed E-state index contributed by atoms with van der Waals surface area (Å²) in [6.07, 6.45) is 35.2. The molecule has 1 saturated heterocycles. The third-order valence-corrected chi connectivity index (χ3v) is 12.6. The Labute approximate surface area is 391 Å². The second-order valence-electron chi connectivity index (χ2n) is 18.6. The van der Waals surface area contributed by atoms with Crippen LogP contribution < -0.4 is 5.32 Å². The third-order valence-electron chi connectivity index (χ3n) is 12.6. The van der Waals surface area contributed by atoms with E-state index in [-0.39, 0.29) is 13.0 Å². The smallest absolute Gasteiger partial charge is 0.306 e. The first-order valence-corrected chi connectivity index (χ1v) is 26.6. The fraction of sp³-hybridized carbons (Fsp3) is 0.887. The summed E-state index contributed by atoms with van der Waals surface area (Å²) in [5.74, 6) is -1.20. The van der Waals surface area contributed by atoms with Crippen LogP contribution in [0.3, 0.4) is 0 Å². The van der Waals surface area contributed by atoms with Gasteiger partial charge in [-0.1, -0.05) is 212 Å². The lowest BCUT2D eigenvalue weighted by Crippen LogP contribution is -2.61. The van der Waals surface area contributed by atoms with Crippen LogP contribution in [0, 0.1) is 0 Å². The average molecular weight is 910 g/mol. The molecule has 1 amide bonds. The van der Waals surface area contributed by atoms with Gasteiger partial charge in [0.1, 0.15) is 24.4 Å². The number of ether oxygens (including phenoxy) is 3. The Morgan fingerprint density at radius 2 is 1.05 bits per heavy atom. The highest BCUT2D eigenvalue weighted by atomic mass is 16.7. The van der Waals surface area contributed by atoms with Crippen molar-refractivity contribution >= 4 is 11.9 Å². The lowest BCUT2D eigenvalue weighted by Gasteiger charge is -2.41. The Balaban J connectivity index is 2.78. The number of carbonyl (C=O) groups excluding carboxylic acids is 2. The molecule has 11 heteroatoms. The molecule has 0 bridgehead atoms. The van der Waals surface area contributed by atoms with E-state index in [9.17, 15) is 35.1 Å². The Kier molecular flexibility index (Phi) is 39.9. The molecule has 0 aromatic rings. The van der Waals surface area contributed by atoms with E-state index in [0.29, 0.717) is 19.3 Å². The van der Waals surface area contributed by atoms with Crippen molar-refractivity contribution < 1.29 is 49.3 Å². The minimum absolute atomic E-state index is 0.116. The quantitative estimate of drug-likeness (QED) is 0.0196. The zero-order valence-electron chi connectivity index (χ0n) is 41.2. The van der Waals surface area contributed by atoms with E-state index < -0.39 is 67.4 Å². The van der Waals surface area contributed by atoms with Crippen LogP contribution in [0.2, 0.25) is 0 Å². The van der Waals surface area contributed by atoms with Crippen LogP contribution in [-0.4, -0.2) is 99.6 Å². The highest BCUT2D eigenvalue weighted by Gasteiger charge is 2.47. The highest BCUT2D eigenvalue weighted by molar-refractivity contribution is 5.80. The number of hydrogen-bond acceptors (Lipinski definition) is 10. The van der Waals surface area contributed by atoms with Crippen molar-refractivity contribution in [2.24, 2.45) is 0 Å². The molecule has 0 spiro atoms. The van der Waals surface area contributed by atoms with Crippen molar-refractivity contribution in [1.82, 2.24) is 5.32 Å². The number of hydrogen-bond donors (Lipinski definition) is 6. The molecular weight excluding hydrogens is 811 g/mol. The number of aliphatic hydroxyl groups excluding tert-OH is 5. The average Bonchev–Trinajstić information content (AvgIpc) is 3.29. The summed E-state index contributed by atoms with van der Waals surface area (Å²) in [5, 5.41) is 56.5. The fourth-order valence-corrected chi connectivity index (χ4v) is 8.28. The topological polar surface area (TPSA) is 175 Å². The molecule has 1 aliphatic rings. The first-order chi connectivity index (χ1) is 31.2. The number of allylic oxidation sites excluding steroid dienone is 3. The van der Waals surface area contributed by atoms with E-state index in [1.54, 1.807) is 6.08 Å². The normalized spacial score (nSPS) is 20.5. The Hall–Kier alpha value is -1.86. The standard InChI is InChI=1S/C53H99NO10/c1-4-7-10-13-16-19-22-25-27-30-33-36-39-45(56)44(54-52(61)46(57)40-37-34-31-28-26-23-20-17-14-11-8-5-2)43-62-53-51(50(60)49(59)47(42-55)63-53)64-48(58)41-38-35-32-29-24-21-18-15-12-9-6-3/h15,18,36,39,44-47,49-51,53,55-57,59-60H,4-14,16-17,19-35,37-38,40-43H2,1-3H3,(H,54,61)/b18-15-,39-36+. The van der Waals surface area contributed by atoms with Gasteiger partial charge in [-0.05, 0) is 44.9 Å². The molecule has 6 N–H and O–H groups in total. The van der Waals surface area contributed by atoms with Gasteiger partial charge in [0.15, 0.2) is 12.4 Å². The molecule has 0 radical (unpaired) electrons. The Morgan fingerprint density at radius 3 is 1.56 bits per heavy atom. The summed E-state index contributed by atoms with van der Waals surface area (Å²) in [6, 6.07) is -1.02. The van der Waals surface area contributed by atoms with Gasteiger partial charge in [0.25, 0.3) is 0 Å². The monoisotopic (exact) mass is 910 g/mol. The van der Waals surface area contributed by atoms with Gasteiger partial charge in [-0.15, -0.1) is 0 Å². The molecule has 8 atom stereocenters. The first kappa shape index (κ1) is 60.2. The highest BCUT2D eigenvalue weighted by Crippen LogP contribution is 2.26. The summed E-state index contributed by atoms with van der Waals surface area (Å²) >= 11 is 0. The van der Waals surface area contributed by atoms with Gasteiger partial charge in [0.2, 0.25) is 5.91 Å². The van der Waals surface area contributed by atoms with Crippen LogP contribution >= 0.6 is 0 Å². The van der Waals surface area contributed by atoms with Gasteiger partial charge in [-0.2, -0.15) is 0 Å². The molecular formula is C53H99NO10. The fourth-order valence-electron chi connectivity index (χ4n) is 8.28. The summed E-state index contributed by atoms with van der Waals surface area (Å²) in [7, 11) is 0. The van der Waals surface area contributed by atoms with Crippen LogP contribution in [0.15, 0.2) is 24.3 Å². The predicted octanol–water partition coefficient (Wildman–Crippen LogP) is 11.0. The predicted molar refractivity (Wildman–Crippen MR) is 260 cm³/mol. The molecule has 0 saturated carbocycles. The number of aliphatic hydroxyl groups is 5. The molecule has 1 aliphatic heterocycles. The SMILES string of the molecule is CCCC/C=C\CCCCCCCC(=O)OC1C(OCC(NC(=O)C(O)CCCCCCCCCCCCCC)C(O)/C=C/CCCCCCCCCCCC)OC(CO)C(O)C1O.